The molecular weight excluding hydrogens is 285 g/mol. The molecule has 1 heterocycles. The molecule has 0 spiro atoms. The zero-order valence-corrected chi connectivity index (χ0v) is 11.7. The lowest BCUT2D eigenvalue weighted by Gasteiger charge is -2.19. The van der Waals surface area contributed by atoms with Crippen molar-refractivity contribution in [3.8, 4) is 16.8 Å². The topological polar surface area (TPSA) is 59.3 Å². The number of fused-ring (bicyclic) bond motifs is 1. The Morgan fingerprint density at radius 3 is 2.64 bits per heavy atom. The van der Waals surface area contributed by atoms with E-state index in [-0.39, 0.29) is 11.0 Å². The average molecular weight is 297 g/mol. The molecule has 1 aliphatic heterocycles. The third kappa shape index (κ3) is 2.26. The first-order chi connectivity index (χ1) is 10.5. The van der Waals surface area contributed by atoms with Crippen molar-refractivity contribution in [3.05, 3.63) is 76.0 Å². The number of hydrogen-bond acceptors (Lipinski definition) is 2. The Bertz CT molecular complexity index is 914. The number of halogens is 1. The molecule has 4 nitrogen and oxygen atoms in total. The van der Waals surface area contributed by atoms with E-state index in [9.17, 15) is 19.1 Å². The highest BCUT2D eigenvalue weighted by molar-refractivity contribution is 5.97. The minimum Gasteiger partial charge on any atom is -0.478 e. The van der Waals surface area contributed by atoms with Gasteiger partial charge in [-0.3, -0.25) is 4.79 Å². The molecule has 3 rings (SSSR count). The number of pyridine rings is 1. The lowest BCUT2D eigenvalue weighted by atomic mass is 9.97. The zero-order chi connectivity index (χ0) is 15.9. The zero-order valence-electron chi connectivity index (χ0n) is 11.7. The lowest BCUT2D eigenvalue weighted by Crippen LogP contribution is -2.13. The van der Waals surface area contributed by atoms with Gasteiger partial charge in [-0.2, -0.15) is 0 Å². The first-order valence-corrected chi connectivity index (χ1v) is 6.62. The smallest absolute Gasteiger partial charge is 0.338 e. The maximum absolute atomic E-state index is 13.4. The number of carbonyl (C=O) groups is 1. The Kier molecular flexibility index (Phi) is 3.25. The van der Waals surface area contributed by atoms with Crippen molar-refractivity contribution >= 4 is 5.97 Å². The Balaban J connectivity index is 2.40. The molecule has 2 aliphatic rings. The van der Waals surface area contributed by atoms with E-state index in [1.807, 2.05) is 0 Å². The Hall–Kier alpha value is -2.95. The SMILES string of the molecule is Cc1c(C(=O)O)c2cc(=O)ccc-2cn1-c1cccc(F)c1. The Labute approximate surface area is 125 Å². The van der Waals surface area contributed by atoms with Crippen molar-refractivity contribution in [2.24, 2.45) is 0 Å². The van der Waals surface area contributed by atoms with Gasteiger partial charge >= 0.3 is 5.97 Å². The van der Waals surface area contributed by atoms with Crippen molar-refractivity contribution in [1.82, 2.24) is 4.57 Å². The van der Waals surface area contributed by atoms with Crippen LogP contribution in [-0.2, 0) is 0 Å². The van der Waals surface area contributed by atoms with Crippen LogP contribution in [0, 0.1) is 12.7 Å². The number of carboxylic acids is 1. The maximum Gasteiger partial charge on any atom is 0.338 e. The van der Waals surface area contributed by atoms with Gasteiger partial charge in [-0.1, -0.05) is 6.07 Å². The second-order valence-electron chi connectivity index (χ2n) is 4.99. The second kappa shape index (κ2) is 5.11. The highest BCUT2D eigenvalue weighted by atomic mass is 19.1. The maximum atomic E-state index is 13.4. The summed E-state index contributed by atoms with van der Waals surface area (Å²) in [6, 6.07) is 10.1. The summed E-state index contributed by atoms with van der Waals surface area (Å²) in [6.45, 7) is 1.63. The highest BCUT2D eigenvalue weighted by Crippen LogP contribution is 2.29. The summed E-state index contributed by atoms with van der Waals surface area (Å²) >= 11 is 0. The van der Waals surface area contributed by atoms with Gasteiger partial charge < -0.3 is 9.67 Å². The highest BCUT2D eigenvalue weighted by Gasteiger charge is 2.20. The minimum atomic E-state index is -1.13. The molecule has 0 saturated heterocycles. The molecule has 0 radical (unpaired) electrons. The van der Waals surface area contributed by atoms with Gasteiger partial charge in [0.1, 0.15) is 5.82 Å². The normalized spacial score (nSPS) is 10.8. The summed E-state index contributed by atoms with van der Waals surface area (Å²) in [5, 5.41) is 9.49. The molecule has 0 atom stereocenters. The Morgan fingerprint density at radius 1 is 1.18 bits per heavy atom. The molecule has 0 bridgehead atoms. The van der Waals surface area contributed by atoms with Crippen LogP contribution in [0.1, 0.15) is 16.1 Å². The summed E-state index contributed by atoms with van der Waals surface area (Å²) < 4.78 is 15.0. The molecule has 0 fully saturated rings. The first-order valence-electron chi connectivity index (χ1n) is 6.62. The molecule has 110 valence electrons. The molecule has 1 aromatic rings. The second-order valence-corrected chi connectivity index (χ2v) is 4.99. The Morgan fingerprint density at radius 2 is 1.95 bits per heavy atom. The van der Waals surface area contributed by atoms with E-state index in [2.05, 4.69) is 0 Å². The third-order valence-electron chi connectivity index (χ3n) is 3.59. The molecular formula is C17H12FNO3. The van der Waals surface area contributed by atoms with Crippen LogP contribution in [0.3, 0.4) is 0 Å². The third-order valence-corrected chi connectivity index (χ3v) is 3.59. The van der Waals surface area contributed by atoms with Gasteiger partial charge in [-0.25, -0.2) is 9.18 Å². The molecule has 0 aromatic heterocycles. The van der Waals surface area contributed by atoms with Crippen LogP contribution < -0.4 is 5.43 Å². The summed E-state index contributed by atoms with van der Waals surface area (Å²) in [5.41, 5.74) is 1.72. The van der Waals surface area contributed by atoms with Gasteiger partial charge in [0, 0.05) is 23.1 Å². The predicted molar refractivity (Wildman–Crippen MR) is 80.3 cm³/mol. The first kappa shape index (κ1) is 14.0. The van der Waals surface area contributed by atoms with Crippen LogP contribution in [-0.4, -0.2) is 15.6 Å². The van der Waals surface area contributed by atoms with Gasteiger partial charge in [-0.15, -0.1) is 0 Å². The van der Waals surface area contributed by atoms with Crippen molar-refractivity contribution in [2.45, 2.75) is 6.92 Å². The number of aromatic carboxylic acids is 1. The van der Waals surface area contributed by atoms with Gasteiger partial charge in [0.15, 0.2) is 5.43 Å². The van der Waals surface area contributed by atoms with E-state index in [1.54, 1.807) is 35.9 Å². The molecule has 1 aliphatic carbocycles. The lowest BCUT2D eigenvalue weighted by molar-refractivity contribution is 0.0696. The van der Waals surface area contributed by atoms with Crippen LogP contribution in [0.2, 0.25) is 0 Å². The number of aromatic nitrogens is 1. The van der Waals surface area contributed by atoms with Crippen LogP contribution in [0.5, 0.6) is 0 Å². The van der Waals surface area contributed by atoms with Crippen molar-refractivity contribution in [1.29, 1.82) is 0 Å². The summed E-state index contributed by atoms with van der Waals surface area (Å²) in [4.78, 5) is 23.1. The minimum absolute atomic E-state index is 0.0412. The van der Waals surface area contributed by atoms with E-state index in [4.69, 9.17) is 0 Å². The quantitative estimate of drug-likeness (QED) is 0.790. The van der Waals surface area contributed by atoms with Crippen LogP contribution in [0.4, 0.5) is 4.39 Å². The van der Waals surface area contributed by atoms with Gasteiger partial charge in [-0.05, 0) is 48.9 Å². The van der Waals surface area contributed by atoms with Crippen molar-refractivity contribution < 1.29 is 14.3 Å². The average Bonchev–Trinajstić information content (AvgIpc) is 2.46. The van der Waals surface area contributed by atoms with Gasteiger partial charge in [0.25, 0.3) is 0 Å². The molecule has 0 unspecified atom stereocenters. The van der Waals surface area contributed by atoms with Crippen LogP contribution >= 0.6 is 0 Å². The number of nitrogens with zero attached hydrogens (tertiary/aromatic N) is 1. The van der Waals surface area contributed by atoms with E-state index in [0.29, 0.717) is 22.5 Å². The monoisotopic (exact) mass is 297 g/mol. The molecule has 5 heteroatoms. The molecule has 1 N–H and O–H groups in total. The van der Waals surface area contributed by atoms with Gasteiger partial charge in [0.2, 0.25) is 0 Å². The van der Waals surface area contributed by atoms with Crippen LogP contribution in [0.15, 0.2) is 53.5 Å². The number of hydrogen-bond donors (Lipinski definition) is 1. The van der Waals surface area contributed by atoms with Crippen LogP contribution in [0.25, 0.3) is 16.8 Å². The fourth-order valence-electron chi connectivity index (χ4n) is 2.58. The predicted octanol–water partition coefficient (Wildman–Crippen LogP) is 3.09. The van der Waals surface area contributed by atoms with Crippen molar-refractivity contribution in [3.63, 3.8) is 0 Å². The molecule has 22 heavy (non-hydrogen) atoms. The molecule has 1 aromatic carbocycles. The summed E-state index contributed by atoms with van der Waals surface area (Å²) in [5.74, 6) is -1.53. The van der Waals surface area contributed by atoms with Gasteiger partial charge in [0.05, 0.1) is 5.56 Å². The fraction of sp³-hybridized carbons (Fsp3) is 0.0588. The molecule has 0 amide bonds. The van der Waals surface area contributed by atoms with E-state index < -0.39 is 11.8 Å². The number of benzene rings is 2. The van der Waals surface area contributed by atoms with E-state index >= 15 is 0 Å². The number of carboxylic acid groups (broad SMARTS) is 1. The largest absolute Gasteiger partial charge is 0.478 e. The fourth-order valence-corrected chi connectivity index (χ4v) is 2.58. The van der Waals surface area contributed by atoms with E-state index in [0.717, 1.165) is 0 Å². The van der Waals surface area contributed by atoms with Crippen molar-refractivity contribution in [2.75, 3.05) is 0 Å². The van der Waals surface area contributed by atoms with E-state index in [1.165, 1.54) is 24.3 Å². The number of rotatable bonds is 2. The summed E-state index contributed by atoms with van der Waals surface area (Å²) in [7, 11) is 0. The summed E-state index contributed by atoms with van der Waals surface area (Å²) in [6.07, 6.45) is 1.70. The molecule has 0 saturated carbocycles. The standard InChI is InChI=1S/C17H12FNO3/c1-10-16(17(21)22)15-8-14(20)6-5-11(15)9-19(10)13-4-2-3-12(18)7-13/h2-9H,1H3,(H,21,22).